The van der Waals surface area contributed by atoms with Crippen molar-refractivity contribution in [2.45, 2.75) is 4.90 Å². The van der Waals surface area contributed by atoms with Gasteiger partial charge < -0.3 is 5.32 Å². The minimum absolute atomic E-state index is 0.0402. The summed E-state index contributed by atoms with van der Waals surface area (Å²) in [6.07, 6.45) is 0. The van der Waals surface area contributed by atoms with E-state index >= 15 is 0 Å². The summed E-state index contributed by atoms with van der Waals surface area (Å²) in [6, 6.07) is 25.1. The number of carbonyl (C=O) groups is 2. The fourth-order valence-corrected chi connectivity index (χ4v) is 3.32. The molecule has 0 heterocycles. The quantitative estimate of drug-likeness (QED) is 0.499. The summed E-state index contributed by atoms with van der Waals surface area (Å²) in [7, 11) is 0. The molecule has 0 bridgehead atoms. The SMILES string of the molecule is N#Cc1ccccc1NC(=O)c1cccc(SCC(=O)c2ccccc2)c1. The Labute approximate surface area is 161 Å². The van der Waals surface area contributed by atoms with Gasteiger partial charge in [-0.05, 0) is 30.3 Å². The van der Waals surface area contributed by atoms with Gasteiger partial charge in [-0.1, -0.05) is 48.5 Å². The Morgan fingerprint density at radius 1 is 0.889 bits per heavy atom. The van der Waals surface area contributed by atoms with Gasteiger partial charge in [0.25, 0.3) is 5.91 Å². The van der Waals surface area contributed by atoms with E-state index in [1.54, 1.807) is 54.6 Å². The van der Waals surface area contributed by atoms with E-state index in [-0.39, 0.29) is 11.7 Å². The number of nitrogens with zero attached hydrogens (tertiary/aromatic N) is 1. The van der Waals surface area contributed by atoms with Crippen LogP contribution in [0.2, 0.25) is 0 Å². The minimum atomic E-state index is -0.297. The Morgan fingerprint density at radius 3 is 2.37 bits per heavy atom. The van der Waals surface area contributed by atoms with Crippen molar-refractivity contribution in [1.82, 2.24) is 0 Å². The Kier molecular flexibility index (Phi) is 6.03. The van der Waals surface area contributed by atoms with Crippen LogP contribution in [-0.2, 0) is 0 Å². The van der Waals surface area contributed by atoms with Gasteiger partial charge in [0.05, 0.1) is 17.0 Å². The third-order valence-corrected chi connectivity index (χ3v) is 4.85. The molecular formula is C22H16N2O2S. The molecule has 5 heteroatoms. The van der Waals surface area contributed by atoms with Gasteiger partial charge in [-0.15, -0.1) is 11.8 Å². The van der Waals surface area contributed by atoms with E-state index in [0.29, 0.717) is 28.1 Å². The first kappa shape index (κ1) is 18.4. The number of thioether (sulfide) groups is 1. The van der Waals surface area contributed by atoms with Crippen molar-refractivity contribution >= 4 is 29.1 Å². The molecule has 27 heavy (non-hydrogen) atoms. The van der Waals surface area contributed by atoms with Crippen molar-refractivity contribution < 1.29 is 9.59 Å². The monoisotopic (exact) mass is 372 g/mol. The zero-order valence-corrected chi connectivity index (χ0v) is 15.2. The molecule has 0 saturated carbocycles. The molecular weight excluding hydrogens is 356 g/mol. The predicted octanol–water partition coefficient (Wildman–Crippen LogP) is 4.79. The summed E-state index contributed by atoms with van der Waals surface area (Å²) in [6.45, 7) is 0. The zero-order chi connectivity index (χ0) is 19.1. The van der Waals surface area contributed by atoms with Crippen molar-refractivity contribution in [2.24, 2.45) is 0 Å². The number of para-hydroxylation sites is 1. The molecule has 1 amide bonds. The van der Waals surface area contributed by atoms with Crippen molar-refractivity contribution in [2.75, 3.05) is 11.1 Å². The highest BCUT2D eigenvalue weighted by atomic mass is 32.2. The maximum atomic E-state index is 12.5. The fourth-order valence-electron chi connectivity index (χ4n) is 2.47. The minimum Gasteiger partial charge on any atom is -0.321 e. The first-order valence-corrected chi connectivity index (χ1v) is 9.27. The number of nitrogens with one attached hydrogen (secondary N) is 1. The second-order valence-electron chi connectivity index (χ2n) is 5.72. The summed E-state index contributed by atoms with van der Waals surface area (Å²) in [5.41, 5.74) is 2.03. The van der Waals surface area contributed by atoms with Crippen molar-refractivity contribution in [3.8, 4) is 6.07 Å². The van der Waals surface area contributed by atoms with Crippen LogP contribution in [-0.4, -0.2) is 17.4 Å². The molecule has 1 N–H and O–H groups in total. The molecule has 0 saturated heterocycles. The highest BCUT2D eigenvalue weighted by Crippen LogP contribution is 2.22. The van der Waals surface area contributed by atoms with Gasteiger partial charge in [-0.3, -0.25) is 9.59 Å². The molecule has 0 unspecified atom stereocenters. The third-order valence-electron chi connectivity index (χ3n) is 3.86. The van der Waals surface area contributed by atoms with Gasteiger partial charge in [0.2, 0.25) is 0 Å². The average Bonchev–Trinajstić information content (AvgIpc) is 2.73. The van der Waals surface area contributed by atoms with Gasteiger partial charge in [-0.2, -0.15) is 5.26 Å². The molecule has 0 aromatic heterocycles. The zero-order valence-electron chi connectivity index (χ0n) is 14.4. The van der Waals surface area contributed by atoms with E-state index < -0.39 is 0 Å². The summed E-state index contributed by atoms with van der Waals surface area (Å²) in [5.74, 6) is 0.0414. The van der Waals surface area contributed by atoms with Gasteiger partial charge in [0, 0.05) is 16.0 Å². The standard InChI is InChI=1S/C22H16N2O2S/c23-14-18-9-4-5-12-20(18)24-22(26)17-10-6-11-19(13-17)27-15-21(25)16-7-2-1-3-8-16/h1-13H,15H2,(H,24,26). The van der Waals surface area contributed by atoms with Crippen molar-refractivity contribution in [1.29, 1.82) is 5.26 Å². The van der Waals surface area contributed by atoms with E-state index in [1.165, 1.54) is 11.8 Å². The summed E-state index contributed by atoms with van der Waals surface area (Å²) in [4.78, 5) is 25.5. The van der Waals surface area contributed by atoms with E-state index in [0.717, 1.165) is 4.90 Å². The summed E-state index contributed by atoms with van der Waals surface area (Å²) in [5, 5.41) is 11.9. The summed E-state index contributed by atoms with van der Waals surface area (Å²) >= 11 is 1.39. The molecule has 0 aliphatic heterocycles. The van der Waals surface area contributed by atoms with Crippen LogP contribution in [0.4, 0.5) is 5.69 Å². The number of carbonyl (C=O) groups excluding carboxylic acids is 2. The topological polar surface area (TPSA) is 70.0 Å². The van der Waals surface area contributed by atoms with Gasteiger partial charge in [0.1, 0.15) is 6.07 Å². The normalized spacial score (nSPS) is 10.0. The van der Waals surface area contributed by atoms with Crippen LogP contribution in [0.25, 0.3) is 0 Å². The van der Waals surface area contributed by atoms with Crippen LogP contribution in [0.5, 0.6) is 0 Å². The number of nitriles is 1. The highest BCUT2D eigenvalue weighted by Gasteiger charge is 2.11. The number of benzene rings is 3. The molecule has 3 aromatic rings. The number of rotatable bonds is 6. The number of Topliss-reactive ketones (excluding diaryl/α,β-unsaturated/α-hetero) is 1. The van der Waals surface area contributed by atoms with E-state index in [4.69, 9.17) is 5.26 Å². The largest absolute Gasteiger partial charge is 0.321 e. The van der Waals surface area contributed by atoms with E-state index in [9.17, 15) is 9.59 Å². The first-order chi connectivity index (χ1) is 13.2. The highest BCUT2D eigenvalue weighted by molar-refractivity contribution is 8.00. The molecule has 0 aliphatic rings. The number of anilines is 1. The number of hydrogen-bond acceptors (Lipinski definition) is 4. The number of amides is 1. The average molecular weight is 372 g/mol. The van der Waals surface area contributed by atoms with Gasteiger partial charge in [0.15, 0.2) is 5.78 Å². The molecule has 0 radical (unpaired) electrons. The lowest BCUT2D eigenvalue weighted by Crippen LogP contribution is -2.12. The predicted molar refractivity (Wildman–Crippen MR) is 107 cm³/mol. The smallest absolute Gasteiger partial charge is 0.255 e. The lowest BCUT2D eigenvalue weighted by molar-refractivity contribution is 0.101. The Morgan fingerprint density at radius 2 is 1.59 bits per heavy atom. The molecule has 0 spiro atoms. The van der Waals surface area contributed by atoms with Crippen LogP contribution in [0.3, 0.4) is 0 Å². The first-order valence-electron chi connectivity index (χ1n) is 8.29. The van der Waals surface area contributed by atoms with Crippen LogP contribution in [0, 0.1) is 11.3 Å². The molecule has 0 atom stereocenters. The second kappa shape index (κ2) is 8.84. The van der Waals surface area contributed by atoms with Crippen molar-refractivity contribution in [3.63, 3.8) is 0 Å². The number of ketones is 1. The van der Waals surface area contributed by atoms with Crippen LogP contribution in [0.1, 0.15) is 26.3 Å². The fraction of sp³-hybridized carbons (Fsp3) is 0.0455. The second-order valence-corrected chi connectivity index (χ2v) is 6.77. The molecule has 4 nitrogen and oxygen atoms in total. The molecule has 3 aromatic carbocycles. The van der Waals surface area contributed by atoms with E-state index in [1.807, 2.05) is 24.3 Å². The van der Waals surface area contributed by atoms with Crippen molar-refractivity contribution in [3.05, 3.63) is 95.6 Å². The van der Waals surface area contributed by atoms with Crippen LogP contribution < -0.4 is 5.32 Å². The molecule has 0 fully saturated rings. The third kappa shape index (κ3) is 4.84. The maximum absolute atomic E-state index is 12.5. The van der Waals surface area contributed by atoms with Crippen LogP contribution in [0.15, 0.2) is 83.8 Å². The Balaban J connectivity index is 1.67. The lowest BCUT2D eigenvalue weighted by Gasteiger charge is -2.08. The van der Waals surface area contributed by atoms with Gasteiger partial charge in [-0.25, -0.2) is 0 Å². The number of hydrogen-bond donors (Lipinski definition) is 1. The Hall–Kier alpha value is -3.36. The lowest BCUT2D eigenvalue weighted by atomic mass is 10.1. The summed E-state index contributed by atoms with van der Waals surface area (Å²) < 4.78 is 0. The Bertz CT molecular complexity index is 1010. The molecule has 0 aliphatic carbocycles. The van der Waals surface area contributed by atoms with E-state index in [2.05, 4.69) is 11.4 Å². The molecule has 3 rings (SSSR count). The van der Waals surface area contributed by atoms with Crippen LogP contribution >= 0.6 is 11.8 Å². The maximum Gasteiger partial charge on any atom is 0.255 e. The molecule has 132 valence electrons. The van der Waals surface area contributed by atoms with Gasteiger partial charge >= 0.3 is 0 Å².